The summed E-state index contributed by atoms with van der Waals surface area (Å²) >= 11 is 0. The van der Waals surface area contributed by atoms with Crippen LogP contribution in [0.3, 0.4) is 0 Å². The van der Waals surface area contributed by atoms with Crippen molar-refractivity contribution >= 4 is 23.2 Å². The van der Waals surface area contributed by atoms with E-state index in [1.54, 1.807) is 49.5 Å². The summed E-state index contributed by atoms with van der Waals surface area (Å²) in [4.78, 5) is 26.6. The minimum atomic E-state index is -1.87. The van der Waals surface area contributed by atoms with Gasteiger partial charge in [-0.2, -0.15) is 0 Å². The Hall–Kier alpha value is -2.66. The van der Waals surface area contributed by atoms with Crippen molar-refractivity contribution in [1.29, 1.82) is 0 Å². The normalized spacial score (nSPS) is 25.9. The number of nitrogens with one attached hydrogen (secondary N) is 1. The predicted molar refractivity (Wildman–Crippen MR) is 81.6 cm³/mol. The molecule has 2 aliphatic rings. The summed E-state index contributed by atoms with van der Waals surface area (Å²) in [6, 6.07) is 14.2. The standard InChI is InChI=1S/C17H14N2O3/c1-19-13-9-5-3-7-11(13)17(22,16(19)21)14-10-6-2-4-8-12(10)18-15(14)20/h2-9,14,22H,1H3,(H,18,20)/t14-,17+/m0/s1. The van der Waals surface area contributed by atoms with Gasteiger partial charge in [0.05, 0.1) is 5.69 Å². The summed E-state index contributed by atoms with van der Waals surface area (Å²) in [6.07, 6.45) is 0. The van der Waals surface area contributed by atoms with E-state index < -0.39 is 17.4 Å². The lowest BCUT2D eigenvalue weighted by Gasteiger charge is -2.27. The predicted octanol–water partition coefficient (Wildman–Crippen LogP) is 1.59. The van der Waals surface area contributed by atoms with Crippen molar-refractivity contribution in [1.82, 2.24) is 0 Å². The van der Waals surface area contributed by atoms with Gasteiger partial charge in [0.25, 0.3) is 5.91 Å². The Balaban J connectivity index is 1.96. The molecular weight excluding hydrogens is 280 g/mol. The van der Waals surface area contributed by atoms with Gasteiger partial charge in [0, 0.05) is 18.3 Å². The van der Waals surface area contributed by atoms with Crippen LogP contribution >= 0.6 is 0 Å². The van der Waals surface area contributed by atoms with E-state index in [1.165, 1.54) is 4.90 Å². The number of hydrogen-bond acceptors (Lipinski definition) is 3. The number of carbonyl (C=O) groups excluding carboxylic acids is 2. The number of rotatable bonds is 1. The quantitative estimate of drug-likeness (QED) is 0.839. The summed E-state index contributed by atoms with van der Waals surface area (Å²) in [5.74, 6) is -1.78. The third kappa shape index (κ3) is 1.41. The molecule has 0 aromatic heterocycles. The molecule has 0 unspecified atom stereocenters. The highest BCUT2D eigenvalue weighted by Gasteiger charge is 2.58. The molecule has 5 heteroatoms. The first-order valence-corrected chi connectivity index (χ1v) is 7.05. The minimum absolute atomic E-state index is 0.359. The van der Waals surface area contributed by atoms with Crippen LogP contribution in [-0.4, -0.2) is 24.0 Å². The number of hydrogen-bond donors (Lipinski definition) is 2. The van der Waals surface area contributed by atoms with Gasteiger partial charge in [0.2, 0.25) is 5.91 Å². The average Bonchev–Trinajstić information content (AvgIpc) is 2.97. The van der Waals surface area contributed by atoms with E-state index in [4.69, 9.17) is 0 Å². The second-order valence-electron chi connectivity index (χ2n) is 5.66. The molecule has 0 saturated heterocycles. The van der Waals surface area contributed by atoms with Gasteiger partial charge >= 0.3 is 0 Å². The first kappa shape index (κ1) is 13.0. The first-order chi connectivity index (χ1) is 10.5. The van der Waals surface area contributed by atoms with Gasteiger partial charge in [-0.25, -0.2) is 0 Å². The van der Waals surface area contributed by atoms with Gasteiger partial charge in [-0.1, -0.05) is 36.4 Å². The molecule has 0 radical (unpaired) electrons. The van der Waals surface area contributed by atoms with Crippen LogP contribution in [0.1, 0.15) is 17.0 Å². The molecule has 110 valence electrons. The van der Waals surface area contributed by atoms with Gasteiger partial charge in [-0.05, 0) is 17.7 Å². The van der Waals surface area contributed by atoms with Gasteiger partial charge in [-0.15, -0.1) is 0 Å². The number of carbonyl (C=O) groups is 2. The van der Waals surface area contributed by atoms with Crippen LogP contribution in [0.2, 0.25) is 0 Å². The summed E-state index contributed by atoms with van der Waals surface area (Å²) in [7, 11) is 1.61. The number of benzene rings is 2. The fourth-order valence-corrected chi connectivity index (χ4v) is 3.47. The summed E-state index contributed by atoms with van der Waals surface area (Å²) in [6.45, 7) is 0. The molecule has 2 N–H and O–H groups in total. The third-order valence-corrected chi connectivity index (χ3v) is 4.52. The number of para-hydroxylation sites is 2. The van der Waals surface area contributed by atoms with Crippen LogP contribution in [0.15, 0.2) is 48.5 Å². The van der Waals surface area contributed by atoms with Crippen LogP contribution in [0, 0.1) is 0 Å². The Bertz CT molecular complexity index is 817. The lowest BCUT2D eigenvalue weighted by atomic mass is 9.78. The Morgan fingerprint density at radius 1 is 1.09 bits per heavy atom. The van der Waals surface area contributed by atoms with E-state index >= 15 is 0 Å². The lowest BCUT2D eigenvalue weighted by molar-refractivity contribution is -0.143. The van der Waals surface area contributed by atoms with E-state index in [0.29, 0.717) is 22.5 Å². The number of amides is 2. The number of nitrogens with zero attached hydrogens (tertiary/aromatic N) is 1. The average molecular weight is 294 g/mol. The Morgan fingerprint density at radius 3 is 2.59 bits per heavy atom. The van der Waals surface area contributed by atoms with E-state index in [1.807, 2.05) is 6.07 Å². The molecule has 5 nitrogen and oxygen atoms in total. The Morgan fingerprint density at radius 2 is 1.77 bits per heavy atom. The zero-order chi connectivity index (χ0) is 15.5. The largest absolute Gasteiger partial charge is 0.374 e. The van der Waals surface area contributed by atoms with Crippen LogP contribution in [-0.2, 0) is 15.2 Å². The summed E-state index contributed by atoms with van der Waals surface area (Å²) in [5.41, 5.74) is 0.521. The van der Waals surface area contributed by atoms with Crippen molar-refractivity contribution in [2.75, 3.05) is 17.3 Å². The van der Waals surface area contributed by atoms with Crippen molar-refractivity contribution in [2.24, 2.45) is 0 Å². The highest BCUT2D eigenvalue weighted by Crippen LogP contribution is 2.51. The van der Waals surface area contributed by atoms with Crippen LogP contribution < -0.4 is 10.2 Å². The molecule has 4 rings (SSSR count). The molecule has 2 atom stereocenters. The van der Waals surface area contributed by atoms with Crippen LogP contribution in [0.25, 0.3) is 0 Å². The molecule has 2 aromatic carbocycles. The molecule has 2 aliphatic heterocycles. The topological polar surface area (TPSA) is 69.6 Å². The maximum Gasteiger partial charge on any atom is 0.264 e. The van der Waals surface area contributed by atoms with E-state index in [-0.39, 0.29) is 5.91 Å². The van der Waals surface area contributed by atoms with Crippen molar-refractivity contribution in [2.45, 2.75) is 11.5 Å². The second kappa shape index (κ2) is 4.18. The van der Waals surface area contributed by atoms with Crippen LogP contribution in [0.4, 0.5) is 11.4 Å². The molecule has 22 heavy (non-hydrogen) atoms. The van der Waals surface area contributed by atoms with E-state index in [9.17, 15) is 14.7 Å². The van der Waals surface area contributed by atoms with Crippen molar-refractivity contribution in [3.8, 4) is 0 Å². The fourth-order valence-electron chi connectivity index (χ4n) is 3.47. The molecule has 2 aromatic rings. The Labute approximate surface area is 127 Å². The minimum Gasteiger partial charge on any atom is -0.374 e. The van der Waals surface area contributed by atoms with Gasteiger partial charge in [0.15, 0.2) is 5.60 Å². The first-order valence-electron chi connectivity index (χ1n) is 7.05. The van der Waals surface area contributed by atoms with Crippen molar-refractivity contribution < 1.29 is 14.7 Å². The van der Waals surface area contributed by atoms with E-state index in [0.717, 1.165) is 0 Å². The molecule has 0 aliphatic carbocycles. The number of aliphatic hydroxyl groups is 1. The van der Waals surface area contributed by atoms with Crippen molar-refractivity contribution in [3.63, 3.8) is 0 Å². The second-order valence-corrected chi connectivity index (χ2v) is 5.66. The number of likely N-dealkylation sites (N-methyl/N-ethyl adjacent to an activating group) is 1. The Kier molecular flexibility index (Phi) is 2.47. The summed E-state index contributed by atoms with van der Waals surface area (Å²) in [5, 5.41) is 14.0. The highest BCUT2D eigenvalue weighted by atomic mass is 16.3. The third-order valence-electron chi connectivity index (χ3n) is 4.52. The molecule has 2 heterocycles. The summed E-state index contributed by atoms with van der Waals surface area (Å²) < 4.78 is 0. The number of anilines is 2. The molecular formula is C17H14N2O3. The zero-order valence-corrected chi connectivity index (χ0v) is 11.9. The van der Waals surface area contributed by atoms with E-state index in [2.05, 4.69) is 5.32 Å². The number of fused-ring (bicyclic) bond motifs is 2. The molecule has 0 spiro atoms. The maximum atomic E-state index is 12.7. The van der Waals surface area contributed by atoms with Crippen LogP contribution in [0.5, 0.6) is 0 Å². The molecule has 0 fully saturated rings. The van der Waals surface area contributed by atoms with Crippen molar-refractivity contribution in [3.05, 3.63) is 59.7 Å². The maximum absolute atomic E-state index is 12.7. The zero-order valence-electron chi connectivity index (χ0n) is 11.9. The highest BCUT2D eigenvalue weighted by molar-refractivity contribution is 6.14. The lowest BCUT2D eigenvalue weighted by Crippen LogP contribution is -2.45. The molecule has 0 saturated carbocycles. The van der Waals surface area contributed by atoms with Gasteiger partial charge in [-0.3, -0.25) is 9.59 Å². The monoisotopic (exact) mass is 294 g/mol. The smallest absolute Gasteiger partial charge is 0.264 e. The molecule has 2 amide bonds. The SMILES string of the molecule is CN1C(=O)[C@](O)([C@@H]2C(=O)Nc3ccccc32)c2ccccc21. The van der Waals surface area contributed by atoms with Gasteiger partial charge in [0.1, 0.15) is 5.92 Å². The fraction of sp³-hybridized carbons (Fsp3) is 0.176. The van der Waals surface area contributed by atoms with Gasteiger partial charge < -0.3 is 15.3 Å². The molecule has 0 bridgehead atoms.